The predicted octanol–water partition coefficient (Wildman–Crippen LogP) is 3.54. The van der Waals surface area contributed by atoms with E-state index in [1.54, 1.807) is 6.07 Å². The summed E-state index contributed by atoms with van der Waals surface area (Å²) in [4.78, 5) is 11.0. The van der Waals surface area contributed by atoms with Gasteiger partial charge in [0.05, 0.1) is 11.5 Å². The number of carboxylic acid groups (broad SMARTS) is 1. The summed E-state index contributed by atoms with van der Waals surface area (Å²) in [6.07, 6.45) is 5.13. The number of carbonyl (C=O) groups is 1. The largest absolute Gasteiger partial charge is 0.481 e. The number of aliphatic carboxylic acids is 1. The molecule has 1 heterocycles. The van der Waals surface area contributed by atoms with E-state index in [0.717, 1.165) is 43.1 Å². The van der Waals surface area contributed by atoms with Gasteiger partial charge in [0.15, 0.2) is 0 Å². The first-order chi connectivity index (χ1) is 10.6. The Balaban J connectivity index is 1.78. The summed E-state index contributed by atoms with van der Waals surface area (Å²) < 4.78 is 15.7. The zero-order chi connectivity index (χ0) is 15.7. The van der Waals surface area contributed by atoms with Gasteiger partial charge in [0.25, 0.3) is 0 Å². The van der Waals surface area contributed by atoms with E-state index in [2.05, 4.69) is 0 Å². The summed E-state index contributed by atoms with van der Waals surface area (Å²) in [6.45, 7) is 0.784. The van der Waals surface area contributed by atoms with Crippen molar-refractivity contribution in [1.29, 1.82) is 5.26 Å². The molecule has 0 atom stereocenters. The van der Waals surface area contributed by atoms with Crippen molar-refractivity contribution in [1.82, 2.24) is 4.57 Å². The molecule has 1 N–H and O–H groups in total. The van der Waals surface area contributed by atoms with Gasteiger partial charge in [-0.05, 0) is 49.8 Å². The van der Waals surface area contributed by atoms with Crippen LogP contribution in [0.3, 0.4) is 0 Å². The average molecular weight is 300 g/mol. The lowest BCUT2D eigenvalue weighted by atomic mass is 9.82. The van der Waals surface area contributed by atoms with Gasteiger partial charge in [0, 0.05) is 23.6 Å². The lowest BCUT2D eigenvalue weighted by Gasteiger charge is -2.26. The molecule has 22 heavy (non-hydrogen) atoms. The molecule has 5 heteroatoms. The molecule has 1 aliphatic rings. The van der Waals surface area contributed by atoms with Gasteiger partial charge in [-0.15, -0.1) is 0 Å². The molecule has 0 radical (unpaired) electrons. The maximum Gasteiger partial charge on any atom is 0.306 e. The summed E-state index contributed by atoms with van der Waals surface area (Å²) >= 11 is 0. The maximum atomic E-state index is 13.6. The number of nitriles is 1. The quantitative estimate of drug-likeness (QED) is 0.942. The molecule has 0 bridgehead atoms. The summed E-state index contributed by atoms with van der Waals surface area (Å²) in [5, 5.41) is 18.8. The van der Waals surface area contributed by atoms with Crippen LogP contribution in [0.4, 0.5) is 4.39 Å². The number of nitrogens with zero attached hydrogens (tertiary/aromatic N) is 2. The molecule has 1 aromatic heterocycles. The SMILES string of the molecule is N#Cc1cc2c(ccn2CC2CCC(C(=O)O)CC2)cc1F. The minimum atomic E-state index is -0.695. The fraction of sp³-hybridized carbons (Fsp3) is 0.412. The molecule has 3 rings (SSSR count). The second-order valence-electron chi connectivity index (χ2n) is 6.03. The summed E-state index contributed by atoms with van der Waals surface area (Å²) in [7, 11) is 0. The van der Waals surface area contributed by atoms with Crippen molar-refractivity contribution >= 4 is 16.9 Å². The van der Waals surface area contributed by atoms with E-state index in [9.17, 15) is 9.18 Å². The monoisotopic (exact) mass is 300 g/mol. The maximum absolute atomic E-state index is 13.6. The molecule has 4 nitrogen and oxygen atoms in total. The van der Waals surface area contributed by atoms with E-state index < -0.39 is 11.8 Å². The Morgan fingerprint density at radius 1 is 1.36 bits per heavy atom. The molecule has 1 aliphatic carbocycles. The smallest absolute Gasteiger partial charge is 0.306 e. The molecule has 1 fully saturated rings. The number of benzene rings is 1. The van der Waals surface area contributed by atoms with Crippen molar-refractivity contribution in [2.24, 2.45) is 11.8 Å². The third-order valence-electron chi connectivity index (χ3n) is 4.63. The minimum absolute atomic E-state index is 0.0574. The molecular weight excluding hydrogens is 283 g/mol. The van der Waals surface area contributed by atoms with Crippen LogP contribution in [0.2, 0.25) is 0 Å². The van der Waals surface area contributed by atoms with E-state index in [0.29, 0.717) is 5.92 Å². The van der Waals surface area contributed by atoms with Crippen molar-refractivity contribution in [2.75, 3.05) is 0 Å². The van der Waals surface area contributed by atoms with Crippen molar-refractivity contribution in [3.05, 3.63) is 35.8 Å². The van der Waals surface area contributed by atoms with E-state index >= 15 is 0 Å². The van der Waals surface area contributed by atoms with Gasteiger partial charge in [-0.25, -0.2) is 4.39 Å². The second-order valence-corrected chi connectivity index (χ2v) is 6.03. The van der Waals surface area contributed by atoms with Crippen LogP contribution in [-0.4, -0.2) is 15.6 Å². The van der Waals surface area contributed by atoms with Gasteiger partial charge >= 0.3 is 5.97 Å². The minimum Gasteiger partial charge on any atom is -0.481 e. The topological polar surface area (TPSA) is 66.0 Å². The second kappa shape index (κ2) is 5.80. The third kappa shape index (κ3) is 2.69. The number of aromatic nitrogens is 1. The lowest BCUT2D eigenvalue weighted by molar-refractivity contribution is -0.143. The highest BCUT2D eigenvalue weighted by molar-refractivity contribution is 5.81. The number of hydrogen-bond acceptors (Lipinski definition) is 2. The summed E-state index contributed by atoms with van der Waals surface area (Å²) in [5.74, 6) is -0.965. The predicted molar refractivity (Wildman–Crippen MR) is 79.7 cm³/mol. The number of halogens is 1. The Hall–Kier alpha value is -2.35. The van der Waals surface area contributed by atoms with Crippen LogP contribution in [0.1, 0.15) is 31.2 Å². The Bertz CT molecular complexity index is 752. The lowest BCUT2D eigenvalue weighted by Crippen LogP contribution is -2.23. The summed E-state index contributed by atoms with van der Waals surface area (Å²) in [5.41, 5.74) is 0.917. The number of rotatable bonds is 3. The highest BCUT2D eigenvalue weighted by Crippen LogP contribution is 2.31. The first-order valence-corrected chi connectivity index (χ1v) is 7.49. The van der Waals surface area contributed by atoms with Gasteiger partial charge in [0.1, 0.15) is 11.9 Å². The van der Waals surface area contributed by atoms with E-state index in [4.69, 9.17) is 10.4 Å². The Kier molecular flexibility index (Phi) is 3.84. The van der Waals surface area contributed by atoms with Crippen LogP contribution in [0.25, 0.3) is 10.9 Å². The van der Waals surface area contributed by atoms with Crippen LogP contribution in [0.5, 0.6) is 0 Å². The van der Waals surface area contributed by atoms with Gasteiger partial charge in [0.2, 0.25) is 0 Å². The van der Waals surface area contributed by atoms with Crippen molar-refractivity contribution < 1.29 is 14.3 Å². The Morgan fingerprint density at radius 3 is 2.73 bits per heavy atom. The molecule has 0 amide bonds. The molecule has 2 aromatic rings. The van der Waals surface area contributed by atoms with Gasteiger partial charge in [-0.2, -0.15) is 5.26 Å². The van der Waals surface area contributed by atoms with Crippen LogP contribution in [0.15, 0.2) is 24.4 Å². The highest BCUT2D eigenvalue weighted by atomic mass is 19.1. The van der Waals surface area contributed by atoms with Crippen LogP contribution in [0, 0.1) is 29.0 Å². The zero-order valence-electron chi connectivity index (χ0n) is 12.1. The first kappa shape index (κ1) is 14.6. The number of fused-ring (bicyclic) bond motifs is 1. The Morgan fingerprint density at radius 2 is 2.09 bits per heavy atom. The average Bonchev–Trinajstić information content (AvgIpc) is 2.88. The van der Waals surface area contributed by atoms with Crippen LogP contribution >= 0.6 is 0 Å². The van der Waals surface area contributed by atoms with Crippen molar-refractivity contribution in [3.8, 4) is 6.07 Å². The molecular formula is C17H17FN2O2. The van der Waals surface area contributed by atoms with E-state index in [-0.39, 0.29) is 11.5 Å². The molecule has 0 aliphatic heterocycles. The van der Waals surface area contributed by atoms with Crippen LogP contribution < -0.4 is 0 Å². The first-order valence-electron chi connectivity index (χ1n) is 7.49. The molecule has 0 saturated heterocycles. The fourth-order valence-electron chi connectivity index (χ4n) is 3.33. The molecule has 1 saturated carbocycles. The van der Waals surface area contributed by atoms with Crippen molar-refractivity contribution in [2.45, 2.75) is 32.2 Å². The molecule has 0 unspecified atom stereocenters. The number of carboxylic acids is 1. The Labute approximate surface area is 127 Å². The highest BCUT2D eigenvalue weighted by Gasteiger charge is 2.26. The van der Waals surface area contributed by atoms with E-state index in [1.807, 2.05) is 22.9 Å². The van der Waals surface area contributed by atoms with Gasteiger partial charge in [-0.3, -0.25) is 4.79 Å². The molecule has 1 aromatic carbocycles. The standard InChI is InChI=1S/C17H17FN2O2/c18-15-7-13-5-6-20(16(13)8-14(15)9-19)10-11-1-3-12(4-2-11)17(21)22/h5-8,11-12H,1-4,10H2,(H,21,22). The third-order valence-corrected chi connectivity index (χ3v) is 4.63. The van der Waals surface area contributed by atoms with Crippen molar-refractivity contribution in [3.63, 3.8) is 0 Å². The zero-order valence-corrected chi connectivity index (χ0v) is 12.1. The molecule has 114 valence electrons. The van der Waals surface area contributed by atoms with Gasteiger partial charge < -0.3 is 9.67 Å². The summed E-state index contributed by atoms with van der Waals surface area (Å²) in [6, 6.07) is 6.71. The number of hydrogen-bond donors (Lipinski definition) is 1. The van der Waals surface area contributed by atoms with E-state index in [1.165, 1.54) is 6.07 Å². The molecule has 0 spiro atoms. The van der Waals surface area contributed by atoms with Crippen LogP contribution in [-0.2, 0) is 11.3 Å². The fourth-order valence-corrected chi connectivity index (χ4v) is 3.33. The normalized spacial score (nSPS) is 21.6. The van der Waals surface area contributed by atoms with Gasteiger partial charge in [-0.1, -0.05) is 0 Å².